The molecule has 0 aliphatic heterocycles. The minimum atomic E-state index is 0.626. The van der Waals surface area contributed by atoms with Gasteiger partial charge in [0.05, 0.1) is 0 Å². The molecule has 1 aromatic rings. The zero-order valence-electron chi connectivity index (χ0n) is 12.5. The van der Waals surface area contributed by atoms with Crippen molar-refractivity contribution in [3.63, 3.8) is 0 Å². The number of hydrogen-bond donors (Lipinski definition) is 1. The molecule has 1 N–H and O–H groups in total. The molecule has 1 saturated carbocycles. The van der Waals surface area contributed by atoms with E-state index in [9.17, 15) is 0 Å². The summed E-state index contributed by atoms with van der Waals surface area (Å²) in [6, 6.07) is 0. The topological polar surface area (TPSA) is 37.8 Å². The van der Waals surface area contributed by atoms with Crippen LogP contribution in [0.4, 0.5) is 0 Å². The zero-order chi connectivity index (χ0) is 13.7. The first-order valence-electron chi connectivity index (χ1n) is 7.68. The second-order valence-electron chi connectivity index (χ2n) is 6.16. The maximum atomic E-state index is 4.21. The third-order valence-electron chi connectivity index (χ3n) is 4.64. The number of aromatic nitrogens is 2. The van der Waals surface area contributed by atoms with E-state index in [1.807, 2.05) is 12.4 Å². The van der Waals surface area contributed by atoms with Crippen LogP contribution >= 0.6 is 0 Å². The van der Waals surface area contributed by atoms with E-state index in [4.69, 9.17) is 0 Å². The Labute approximate surface area is 117 Å². The molecule has 19 heavy (non-hydrogen) atoms. The van der Waals surface area contributed by atoms with Crippen LogP contribution in [0, 0.1) is 17.8 Å². The highest BCUT2D eigenvalue weighted by atomic mass is 14.9. The van der Waals surface area contributed by atoms with E-state index in [2.05, 4.69) is 36.1 Å². The number of rotatable bonds is 5. The van der Waals surface area contributed by atoms with E-state index in [1.54, 1.807) is 6.33 Å². The molecule has 1 fully saturated rings. The molecule has 0 spiro atoms. The molecule has 0 bridgehead atoms. The highest BCUT2D eigenvalue weighted by Crippen LogP contribution is 2.42. The first kappa shape index (κ1) is 14.4. The van der Waals surface area contributed by atoms with Crippen molar-refractivity contribution >= 4 is 0 Å². The van der Waals surface area contributed by atoms with Gasteiger partial charge in [0.1, 0.15) is 6.33 Å². The summed E-state index contributed by atoms with van der Waals surface area (Å²) in [6.07, 6.45) is 9.65. The first-order valence-corrected chi connectivity index (χ1v) is 7.68. The fraction of sp³-hybridized carbons (Fsp3) is 0.750. The molecule has 1 aliphatic carbocycles. The smallest absolute Gasteiger partial charge is 0.115 e. The van der Waals surface area contributed by atoms with Gasteiger partial charge in [-0.15, -0.1) is 0 Å². The first-order chi connectivity index (χ1) is 9.22. The molecular formula is C16H27N3. The third-order valence-corrected chi connectivity index (χ3v) is 4.64. The minimum Gasteiger partial charge on any atom is -0.317 e. The van der Waals surface area contributed by atoms with Gasteiger partial charge in [0, 0.05) is 12.4 Å². The van der Waals surface area contributed by atoms with Gasteiger partial charge in [0.2, 0.25) is 0 Å². The average molecular weight is 261 g/mol. The Morgan fingerprint density at radius 3 is 2.63 bits per heavy atom. The van der Waals surface area contributed by atoms with Gasteiger partial charge >= 0.3 is 0 Å². The van der Waals surface area contributed by atoms with Crippen LogP contribution in [0.25, 0.3) is 0 Å². The Kier molecular flexibility index (Phi) is 5.32. The predicted molar refractivity (Wildman–Crippen MR) is 79.0 cm³/mol. The molecule has 3 atom stereocenters. The summed E-state index contributed by atoms with van der Waals surface area (Å²) in [5, 5.41) is 3.52. The van der Waals surface area contributed by atoms with Crippen molar-refractivity contribution in [2.75, 3.05) is 13.1 Å². The molecule has 3 nitrogen and oxygen atoms in total. The standard InChI is InChI=1S/C16H27N3/c1-4-17-8-14-6-5-13(12(2)3)7-16(14)15-9-18-11-19-10-15/h9-14,16-17H,4-8H2,1-3H3. The molecule has 3 heteroatoms. The minimum absolute atomic E-state index is 0.626. The molecule has 0 saturated heterocycles. The quantitative estimate of drug-likeness (QED) is 0.884. The Balaban J connectivity index is 2.11. The molecule has 0 radical (unpaired) electrons. The van der Waals surface area contributed by atoms with Crippen LogP contribution in [0.5, 0.6) is 0 Å². The maximum Gasteiger partial charge on any atom is 0.115 e. The van der Waals surface area contributed by atoms with Crippen molar-refractivity contribution in [1.82, 2.24) is 15.3 Å². The van der Waals surface area contributed by atoms with Gasteiger partial charge < -0.3 is 5.32 Å². The lowest BCUT2D eigenvalue weighted by Crippen LogP contribution is -2.33. The van der Waals surface area contributed by atoms with Gasteiger partial charge in [-0.25, -0.2) is 9.97 Å². The molecule has 0 aromatic carbocycles. The summed E-state index contributed by atoms with van der Waals surface area (Å²) in [6.45, 7) is 9.07. The van der Waals surface area contributed by atoms with Crippen LogP contribution < -0.4 is 5.32 Å². The summed E-state index contributed by atoms with van der Waals surface area (Å²) in [4.78, 5) is 8.43. The van der Waals surface area contributed by atoms with Crippen LogP contribution in [-0.2, 0) is 0 Å². The number of nitrogens with zero attached hydrogens (tertiary/aromatic N) is 2. The van der Waals surface area contributed by atoms with Crippen molar-refractivity contribution < 1.29 is 0 Å². The second kappa shape index (κ2) is 6.99. The third kappa shape index (κ3) is 3.75. The molecule has 2 rings (SSSR count). The summed E-state index contributed by atoms with van der Waals surface area (Å²) in [5.74, 6) is 3.00. The highest BCUT2D eigenvalue weighted by Gasteiger charge is 2.32. The molecule has 1 aromatic heterocycles. The van der Waals surface area contributed by atoms with Gasteiger partial charge in [0.25, 0.3) is 0 Å². The largest absolute Gasteiger partial charge is 0.317 e. The summed E-state index contributed by atoms with van der Waals surface area (Å²) < 4.78 is 0. The van der Waals surface area contributed by atoms with Crippen LogP contribution in [0.2, 0.25) is 0 Å². The van der Waals surface area contributed by atoms with E-state index >= 15 is 0 Å². The molecule has 1 aliphatic rings. The van der Waals surface area contributed by atoms with Crippen molar-refractivity contribution in [3.05, 3.63) is 24.3 Å². The molecule has 3 unspecified atom stereocenters. The monoisotopic (exact) mass is 261 g/mol. The fourth-order valence-corrected chi connectivity index (χ4v) is 3.36. The van der Waals surface area contributed by atoms with Crippen LogP contribution in [0.1, 0.15) is 51.5 Å². The van der Waals surface area contributed by atoms with Gasteiger partial charge in [-0.1, -0.05) is 20.8 Å². The zero-order valence-corrected chi connectivity index (χ0v) is 12.5. The lowest BCUT2D eigenvalue weighted by molar-refractivity contribution is 0.190. The van der Waals surface area contributed by atoms with Crippen molar-refractivity contribution in [2.24, 2.45) is 17.8 Å². The molecular weight excluding hydrogens is 234 g/mol. The van der Waals surface area contributed by atoms with E-state index in [0.29, 0.717) is 5.92 Å². The van der Waals surface area contributed by atoms with E-state index < -0.39 is 0 Å². The van der Waals surface area contributed by atoms with Gasteiger partial charge in [-0.3, -0.25) is 0 Å². The lowest BCUT2D eigenvalue weighted by atomic mass is 9.68. The predicted octanol–water partition coefficient (Wildman–Crippen LogP) is 3.24. The Bertz CT molecular complexity index is 364. The van der Waals surface area contributed by atoms with Crippen molar-refractivity contribution in [1.29, 1.82) is 0 Å². The van der Waals surface area contributed by atoms with Crippen LogP contribution in [-0.4, -0.2) is 23.1 Å². The fourth-order valence-electron chi connectivity index (χ4n) is 3.36. The Morgan fingerprint density at radius 2 is 2.00 bits per heavy atom. The van der Waals surface area contributed by atoms with E-state index in [0.717, 1.165) is 30.8 Å². The summed E-state index contributed by atoms with van der Waals surface area (Å²) in [7, 11) is 0. The Morgan fingerprint density at radius 1 is 1.26 bits per heavy atom. The summed E-state index contributed by atoms with van der Waals surface area (Å²) in [5.41, 5.74) is 1.33. The average Bonchev–Trinajstić information content (AvgIpc) is 2.45. The van der Waals surface area contributed by atoms with Crippen molar-refractivity contribution in [2.45, 2.75) is 46.0 Å². The lowest BCUT2D eigenvalue weighted by Gasteiger charge is -2.38. The van der Waals surface area contributed by atoms with E-state index in [-0.39, 0.29) is 0 Å². The van der Waals surface area contributed by atoms with Gasteiger partial charge in [0.15, 0.2) is 0 Å². The molecule has 106 valence electrons. The number of hydrogen-bond acceptors (Lipinski definition) is 3. The SMILES string of the molecule is CCNCC1CCC(C(C)C)CC1c1cncnc1. The summed E-state index contributed by atoms with van der Waals surface area (Å²) >= 11 is 0. The van der Waals surface area contributed by atoms with E-state index in [1.165, 1.54) is 24.8 Å². The molecule has 1 heterocycles. The van der Waals surface area contributed by atoms with Gasteiger partial charge in [-0.05, 0) is 61.6 Å². The van der Waals surface area contributed by atoms with Crippen LogP contribution in [0.3, 0.4) is 0 Å². The Hall–Kier alpha value is -0.960. The maximum absolute atomic E-state index is 4.21. The van der Waals surface area contributed by atoms with Crippen molar-refractivity contribution in [3.8, 4) is 0 Å². The number of nitrogens with one attached hydrogen (secondary N) is 1. The van der Waals surface area contributed by atoms with Crippen LogP contribution in [0.15, 0.2) is 18.7 Å². The normalized spacial score (nSPS) is 27.7. The highest BCUT2D eigenvalue weighted by molar-refractivity contribution is 5.13. The second-order valence-corrected chi connectivity index (χ2v) is 6.16. The molecule has 0 amide bonds. The van der Waals surface area contributed by atoms with Gasteiger partial charge in [-0.2, -0.15) is 0 Å².